The third-order valence-corrected chi connectivity index (χ3v) is 1.87. The molecule has 4 heteroatoms. The molecule has 0 unspecified atom stereocenters. The lowest BCUT2D eigenvalue weighted by atomic mass is 10.1. The van der Waals surface area contributed by atoms with Gasteiger partial charge in [0, 0.05) is 7.11 Å². The van der Waals surface area contributed by atoms with Gasteiger partial charge >= 0.3 is 0 Å². The van der Waals surface area contributed by atoms with Gasteiger partial charge in [0.1, 0.15) is 18.2 Å². The lowest BCUT2D eigenvalue weighted by Gasteiger charge is -2.09. The van der Waals surface area contributed by atoms with Crippen LogP contribution in [0.3, 0.4) is 0 Å². The quantitative estimate of drug-likeness (QED) is 0.553. The first-order chi connectivity index (χ1) is 7.16. The van der Waals surface area contributed by atoms with Crippen LogP contribution in [-0.2, 0) is 4.74 Å². The van der Waals surface area contributed by atoms with Crippen LogP contribution in [0, 0.1) is 5.82 Å². The molecule has 1 aromatic carbocycles. The molecule has 0 atom stereocenters. The molecule has 0 aliphatic carbocycles. The van der Waals surface area contributed by atoms with Crippen LogP contribution in [0.15, 0.2) is 18.2 Å². The van der Waals surface area contributed by atoms with E-state index >= 15 is 0 Å². The van der Waals surface area contributed by atoms with Gasteiger partial charge in [0.15, 0.2) is 5.78 Å². The van der Waals surface area contributed by atoms with Crippen molar-refractivity contribution < 1.29 is 18.7 Å². The maximum absolute atomic E-state index is 13.3. The molecule has 0 aliphatic rings. The summed E-state index contributed by atoms with van der Waals surface area (Å²) in [5.74, 6) is -0.641. The van der Waals surface area contributed by atoms with E-state index in [0.717, 1.165) is 0 Å². The van der Waals surface area contributed by atoms with E-state index < -0.39 is 5.82 Å². The molecule has 3 nitrogen and oxygen atoms in total. The molecule has 0 amide bonds. The Hall–Kier alpha value is -1.42. The SMILES string of the molecule is COCCOc1cccc(F)c1C(C)=O. The highest BCUT2D eigenvalue weighted by molar-refractivity contribution is 5.97. The summed E-state index contributed by atoms with van der Waals surface area (Å²) < 4.78 is 23.3. The number of methoxy groups -OCH3 is 1. The highest BCUT2D eigenvalue weighted by Crippen LogP contribution is 2.21. The summed E-state index contributed by atoms with van der Waals surface area (Å²) in [5, 5.41) is 0. The summed E-state index contributed by atoms with van der Waals surface area (Å²) in [6, 6.07) is 4.30. The Kier molecular flexibility index (Phi) is 4.24. The van der Waals surface area contributed by atoms with Crippen molar-refractivity contribution in [3.63, 3.8) is 0 Å². The highest BCUT2D eigenvalue weighted by Gasteiger charge is 2.13. The summed E-state index contributed by atoms with van der Waals surface area (Å²) in [7, 11) is 1.54. The molecule has 0 radical (unpaired) electrons. The van der Waals surface area contributed by atoms with Gasteiger partial charge in [-0.2, -0.15) is 0 Å². The normalized spacial score (nSPS) is 10.1. The maximum atomic E-state index is 13.3. The molecule has 0 bridgehead atoms. The fourth-order valence-electron chi connectivity index (χ4n) is 1.20. The van der Waals surface area contributed by atoms with Crippen LogP contribution in [0.1, 0.15) is 17.3 Å². The first-order valence-corrected chi connectivity index (χ1v) is 4.58. The smallest absolute Gasteiger partial charge is 0.166 e. The fraction of sp³-hybridized carbons (Fsp3) is 0.364. The average molecular weight is 212 g/mol. The van der Waals surface area contributed by atoms with E-state index in [1.165, 1.54) is 19.1 Å². The molecule has 15 heavy (non-hydrogen) atoms. The molecule has 0 saturated carbocycles. The zero-order chi connectivity index (χ0) is 11.3. The molecule has 0 spiro atoms. The predicted molar refractivity (Wildman–Crippen MR) is 53.8 cm³/mol. The average Bonchev–Trinajstić information content (AvgIpc) is 2.17. The Morgan fingerprint density at radius 2 is 2.13 bits per heavy atom. The Labute approximate surface area is 87.8 Å². The Bertz CT molecular complexity index is 350. The van der Waals surface area contributed by atoms with Crippen LogP contribution >= 0.6 is 0 Å². The van der Waals surface area contributed by atoms with Crippen LogP contribution in [0.25, 0.3) is 0 Å². The molecule has 0 aliphatic heterocycles. The number of hydrogen-bond donors (Lipinski definition) is 0. The zero-order valence-corrected chi connectivity index (χ0v) is 8.75. The number of halogens is 1. The van der Waals surface area contributed by atoms with Crippen molar-refractivity contribution in [3.05, 3.63) is 29.6 Å². The van der Waals surface area contributed by atoms with E-state index in [2.05, 4.69) is 0 Å². The van der Waals surface area contributed by atoms with Gasteiger partial charge in [0.05, 0.1) is 12.2 Å². The first kappa shape index (κ1) is 11.7. The Morgan fingerprint density at radius 1 is 1.40 bits per heavy atom. The Balaban J connectivity index is 2.86. The Morgan fingerprint density at radius 3 is 2.73 bits per heavy atom. The van der Waals surface area contributed by atoms with Gasteiger partial charge in [-0.1, -0.05) is 6.07 Å². The molecule has 1 rings (SSSR count). The van der Waals surface area contributed by atoms with Gasteiger partial charge < -0.3 is 9.47 Å². The largest absolute Gasteiger partial charge is 0.490 e. The van der Waals surface area contributed by atoms with Crippen molar-refractivity contribution in [2.75, 3.05) is 20.3 Å². The molecule has 0 fully saturated rings. The molecule has 0 saturated heterocycles. The van der Waals surface area contributed by atoms with Crippen molar-refractivity contribution in [1.82, 2.24) is 0 Å². The number of ketones is 1. The number of carbonyl (C=O) groups is 1. The molecule has 0 N–H and O–H groups in total. The third kappa shape index (κ3) is 3.02. The van der Waals surface area contributed by atoms with E-state index in [0.29, 0.717) is 13.2 Å². The maximum Gasteiger partial charge on any atom is 0.166 e. The summed E-state index contributed by atoms with van der Waals surface area (Å²) >= 11 is 0. The van der Waals surface area contributed by atoms with Crippen molar-refractivity contribution in [2.24, 2.45) is 0 Å². The minimum absolute atomic E-state index is 0.00592. The van der Waals surface area contributed by atoms with Gasteiger partial charge in [0.25, 0.3) is 0 Å². The standard InChI is InChI=1S/C11H13FO3/c1-8(13)11-9(12)4-3-5-10(11)15-7-6-14-2/h3-5H,6-7H2,1-2H3. The van der Waals surface area contributed by atoms with E-state index in [-0.39, 0.29) is 17.1 Å². The minimum atomic E-state index is -0.558. The number of benzene rings is 1. The van der Waals surface area contributed by atoms with Crippen molar-refractivity contribution in [1.29, 1.82) is 0 Å². The molecule has 82 valence electrons. The van der Waals surface area contributed by atoms with E-state index in [1.54, 1.807) is 13.2 Å². The number of ether oxygens (including phenoxy) is 2. The second-order valence-electron chi connectivity index (χ2n) is 3.01. The second-order valence-corrected chi connectivity index (χ2v) is 3.01. The second kappa shape index (κ2) is 5.46. The molecule has 0 heterocycles. The van der Waals surface area contributed by atoms with Gasteiger partial charge in [0.2, 0.25) is 0 Å². The van der Waals surface area contributed by atoms with Crippen molar-refractivity contribution in [3.8, 4) is 5.75 Å². The number of rotatable bonds is 5. The first-order valence-electron chi connectivity index (χ1n) is 4.58. The van der Waals surface area contributed by atoms with Crippen LogP contribution in [0.5, 0.6) is 5.75 Å². The fourth-order valence-corrected chi connectivity index (χ4v) is 1.20. The molecular weight excluding hydrogens is 199 g/mol. The lowest BCUT2D eigenvalue weighted by molar-refractivity contribution is 0.100. The van der Waals surface area contributed by atoms with E-state index in [9.17, 15) is 9.18 Å². The van der Waals surface area contributed by atoms with Gasteiger partial charge in [-0.3, -0.25) is 4.79 Å². The summed E-state index contributed by atoms with van der Waals surface area (Å²) in [4.78, 5) is 11.2. The molecule has 0 aromatic heterocycles. The zero-order valence-electron chi connectivity index (χ0n) is 8.75. The third-order valence-electron chi connectivity index (χ3n) is 1.87. The van der Waals surface area contributed by atoms with Crippen LogP contribution in [-0.4, -0.2) is 26.1 Å². The number of hydrogen-bond acceptors (Lipinski definition) is 3. The van der Waals surface area contributed by atoms with E-state index in [4.69, 9.17) is 9.47 Å². The van der Waals surface area contributed by atoms with Gasteiger partial charge in [-0.15, -0.1) is 0 Å². The predicted octanol–water partition coefficient (Wildman–Crippen LogP) is 2.05. The minimum Gasteiger partial charge on any atom is -0.490 e. The summed E-state index contributed by atoms with van der Waals surface area (Å²) in [6.45, 7) is 2.00. The van der Waals surface area contributed by atoms with Gasteiger partial charge in [-0.25, -0.2) is 4.39 Å². The molecular formula is C11H13FO3. The van der Waals surface area contributed by atoms with Crippen LogP contribution in [0.4, 0.5) is 4.39 Å². The van der Waals surface area contributed by atoms with Crippen molar-refractivity contribution in [2.45, 2.75) is 6.92 Å². The number of Topliss-reactive ketones (excluding diaryl/α,β-unsaturated/α-hetero) is 1. The summed E-state index contributed by atoms with van der Waals surface area (Å²) in [5.41, 5.74) is -0.00592. The van der Waals surface area contributed by atoms with Crippen LogP contribution in [0.2, 0.25) is 0 Å². The van der Waals surface area contributed by atoms with Gasteiger partial charge in [-0.05, 0) is 19.1 Å². The lowest BCUT2D eigenvalue weighted by Crippen LogP contribution is -2.08. The topological polar surface area (TPSA) is 35.5 Å². The highest BCUT2D eigenvalue weighted by atomic mass is 19.1. The summed E-state index contributed by atoms with van der Waals surface area (Å²) in [6.07, 6.45) is 0. The van der Waals surface area contributed by atoms with Crippen molar-refractivity contribution >= 4 is 5.78 Å². The monoisotopic (exact) mass is 212 g/mol. The number of carbonyl (C=O) groups excluding carboxylic acids is 1. The van der Waals surface area contributed by atoms with E-state index in [1.807, 2.05) is 0 Å². The van der Waals surface area contributed by atoms with Crippen LogP contribution < -0.4 is 4.74 Å². The molecule has 1 aromatic rings.